The highest BCUT2D eigenvalue weighted by Crippen LogP contribution is 2.41. The van der Waals surface area contributed by atoms with Gasteiger partial charge in [0, 0.05) is 64.5 Å². The number of hydrogen-bond acceptors (Lipinski definition) is 16. The van der Waals surface area contributed by atoms with Gasteiger partial charge >= 0.3 is 12.1 Å². The van der Waals surface area contributed by atoms with Crippen LogP contribution in [-0.4, -0.2) is 188 Å². The maximum atomic E-state index is 14.3. The molecule has 1 amide bonds. The first kappa shape index (κ1) is 57.8. The number of methoxy groups -OCH3 is 1. The van der Waals surface area contributed by atoms with Gasteiger partial charge in [0.2, 0.25) is 0 Å². The lowest BCUT2D eigenvalue weighted by molar-refractivity contribution is -0.321. The van der Waals surface area contributed by atoms with Crippen LogP contribution in [-0.2, 0) is 51.2 Å². The standard InChI is InChI=1S/C45H77F3IN5O13/c1-23-19-42(7,59)37(66-40-33(30(52(10)11)18-24(2)63-40)62-17-15-16-50-38(57)29-22-54(13)51-34(29)45(46,47)48)25(3)32(65-31-20-43(8,61-14)36(56)28(6)64-31)26(4)39(58)67-41(49)44(9,60)35(55)27(5)53(12)21-23/h22-28,30-33,35-37,40-41,55-56,59-60H,15-21H2,1-14H3,(H,50,57)/t23-,24-,25+,26-,27-,28+,30+,31+,32+,33-,35-,36+,37-,40+,41+,42-,43-,44+/m1/s1. The second-order valence-electron chi connectivity index (χ2n) is 20.1. The van der Waals surface area contributed by atoms with E-state index in [4.69, 9.17) is 33.2 Å². The van der Waals surface area contributed by atoms with Crippen molar-refractivity contribution in [1.29, 1.82) is 0 Å². The summed E-state index contributed by atoms with van der Waals surface area (Å²) >= 11 is 1.80. The molecule has 22 heteroatoms. The highest BCUT2D eigenvalue weighted by Gasteiger charge is 2.53. The Bertz CT molecular complexity index is 1780. The normalized spacial score (nSPS) is 41.4. The number of nitrogens with one attached hydrogen (secondary N) is 1. The van der Waals surface area contributed by atoms with Gasteiger partial charge in [0.05, 0.1) is 47.1 Å². The number of halogens is 4. The molecule has 3 fully saturated rings. The predicted molar refractivity (Wildman–Crippen MR) is 247 cm³/mol. The SMILES string of the molecule is CO[C@]1(C)C[C@H](O[C@H]2[C@H](C)[C@@H](O[C@@H]3O[C@H](C)C[C@H](N(C)C)[C@H]3OCCCNC(=O)c3cn(C)nc3C(F)(F)F)[C@](C)(O)C[C@@H](C)CN(C)[C@H](C)[C@@H](O)[C@](C)(O)[C@@H](I)OC(=O)[C@@H]2C)O[C@@H](C)[C@@H]1O. The van der Waals surface area contributed by atoms with Crippen molar-refractivity contribution >= 4 is 34.5 Å². The molecule has 5 N–H and O–H groups in total. The number of rotatable bonds is 12. The van der Waals surface area contributed by atoms with Gasteiger partial charge in [-0.1, -0.05) is 13.8 Å². The number of aliphatic hydroxyl groups excluding tert-OH is 2. The van der Waals surface area contributed by atoms with Crippen LogP contribution in [0.15, 0.2) is 6.20 Å². The van der Waals surface area contributed by atoms with Crippen LogP contribution in [0, 0.1) is 17.8 Å². The minimum Gasteiger partial charge on any atom is -0.448 e. The van der Waals surface area contributed by atoms with Gasteiger partial charge in [-0.2, -0.15) is 18.3 Å². The lowest BCUT2D eigenvalue weighted by Crippen LogP contribution is -2.61. The molecule has 3 saturated heterocycles. The van der Waals surface area contributed by atoms with Gasteiger partial charge in [-0.3, -0.25) is 14.3 Å². The summed E-state index contributed by atoms with van der Waals surface area (Å²) < 4.78 is 85.2. The number of amides is 1. The number of aryl methyl sites for hydroxylation is 1. The highest BCUT2D eigenvalue weighted by molar-refractivity contribution is 14.1. The zero-order chi connectivity index (χ0) is 50.7. The third-order valence-electron chi connectivity index (χ3n) is 13.8. The van der Waals surface area contributed by atoms with Crippen LogP contribution in [0.2, 0.25) is 0 Å². The number of cyclic esters (lactones) is 1. The van der Waals surface area contributed by atoms with Crippen LogP contribution in [0.4, 0.5) is 13.2 Å². The van der Waals surface area contributed by atoms with Crippen molar-refractivity contribution in [3.05, 3.63) is 17.5 Å². The Morgan fingerprint density at radius 2 is 1.66 bits per heavy atom. The van der Waals surface area contributed by atoms with Gasteiger partial charge in [0.25, 0.3) is 5.91 Å². The van der Waals surface area contributed by atoms with Crippen LogP contribution >= 0.6 is 22.6 Å². The lowest BCUT2D eigenvalue weighted by Gasteiger charge is -2.49. The molecule has 1 aromatic heterocycles. The van der Waals surface area contributed by atoms with E-state index in [-0.39, 0.29) is 50.5 Å². The fourth-order valence-corrected chi connectivity index (χ4v) is 10.4. The Labute approximate surface area is 406 Å². The van der Waals surface area contributed by atoms with Crippen molar-refractivity contribution in [3.63, 3.8) is 0 Å². The molecule has 3 aliphatic rings. The number of esters is 1. The Morgan fingerprint density at radius 1 is 1.01 bits per heavy atom. The quantitative estimate of drug-likeness (QED) is 0.0877. The van der Waals surface area contributed by atoms with Crippen LogP contribution < -0.4 is 5.32 Å². The molecule has 18 nitrogen and oxygen atoms in total. The van der Waals surface area contributed by atoms with E-state index >= 15 is 0 Å². The number of carbonyl (C=O) groups is 2. The molecule has 67 heavy (non-hydrogen) atoms. The Morgan fingerprint density at radius 3 is 2.25 bits per heavy atom. The van der Waals surface area contributed by atoms with Gasteiger partial charge < -0.3 is 68.7 Å². The van der Waals surface area contributed by atoms with Gasteiger partial charge in [0.1, 0.15) is 23.9 Å². The van der Waals surface area contributed by atoms with E-state index in [0.29, 0.717) is 13.0 Å². The minimum atomic E-state index is -4.82. The van der Waals surface area contributed by atoms with Crippen molar-refractivity contribution in [2.45, 2.75) is 182 Å². The summed E-state index contributed by atoms with van der Waals surface area (Å²) in [6.45, 7) is 15.8. The second-order valence-corrected chi connectivity index (χ2v) is 21.2. The number of aliphatic hydroxyl groups is 4. The number of hydrogen-bond donors (Lipinski definition) is 5. The summed E-state index contributed by atoms with van der Waals surface area (Å²) in [4.78, 5) is 31.0. The third-order valence-corrected chi connectivity index (χ3v) is 15.4. The van der Waals surface area contributed by atoms with Crippen LogP contribution in [0.3, 0.4) is 0 Å². The van der Waals surface area contributed by atoms with E-state index in [1.807, 2.05) is 37.7 Å². The van der Waals surface area contributed by atoms with E-state index in [1.54, 1.807) is 71.2 Å². The monoisotopic (exact) mass is 1080 g/mol. The molecule has 18 atom stereocenters. The summed E-state index contributed by atoms with van der Waals surface area (Å²) in [5.41, 5.74) is -6.54. The zero-order valence-corrected chi connectivity index (χ0v) is 43.6. The van der Waals surface area contributed by atoms with Crippen molar-refractivity contribution in [2.24, 2.45) is 24.8 Å². The molecular formula is C45H77F3IN5O13. The Hall–Kier alpha value is -1.81. The molecule has 4 rings (SSSR count). The predicted octanol–water partition coefficient (Wildman–Crippen LogP) is 3.48. The molecule has 0 spiro atoms. The number of ether oxygens (including phenoxy) is 7. The number of alkyl halides is 4. The first-order chi connectivity index (χ1) is 30.9. The van der Waals surface area contributed by atoms with Gasteiger partial charge in [-0.25, -0.2) is 0 Å². The fraction of sp³-hybridized carbons (Fsp3) is 0.889. The maximum Gasteiger partial charge on any atom is 0.435 e. The van der Waals surface area contributed by atoms with E-state index < -0.39 is 117 Å². The largest absolute Gasteiger partial charge is 0.448 e. The summed E-state index contributed by atoms with van der Waals surface area (Å²) in [6.07, 6.45) is -11.5. The fourth-order valence-electron chi connectivity index (χ4n) is 9.76. The molecule has 4 heterocycles. The van der Waals surface area contributed by atoms with E-state index in [0.717, 1.165) is 10.9 Å². The van der Waals surface area contributed by atoms with Crippen LogP contribution in [0.25, 0.3) is 0 Å². The number of carbonyl (C=O) groups excluding carboxylic acids is 2. The van der Waals surface area contributed by atoms with Crippen molar-refractivity contribution < 1.29 is 76.3 Å². The minimum absolute atomic E-state index is 0.0228. The average molecular weight is 1080 g/mol. The number of nitrogens with zero attached hydrogens (tertiary/aromatic N) is 4. The molecule has 0 bridgehead atoms. The molecule has 0 aliphatic carbocycles. The topological polar surface area (TPSA) is 216 Å². The van der Waals surface area contributed by atoms with Crippen LogP contribution in [0.1, 0.15) is 104 Å². The summed E-state index contributed by atoms with van der Waals surface area (Å²) in [5, 5.41) is 53.0. The second kappa shape index (κ2) is 23.2. The molecule has 3 aliphatic heterocycles. The van der Waals surface area contributed by atoms with E-state index in [1.165, 1.54) is 21.1 Å². The molecule has 0 unspecified atom stereocenters. The highest BCUT2D eigenvalue weighted by atomic mass is 127. The van der Waals surface area contributed by atoms with Crippen LogP contribution in [0.5, 0.6) is 0 Å². The first-order valence-corrected chi connectivity index (χ1v) is 24.3. The van der Waals surface area contributed by atoms with E-state index in [9.17, 15) is 43.2 Å². The molecule has 1 aromatic rings. The zero-order valence-electron chi connectivity index (χ0n) is 41.5. The Kier molecular flexibility index (Phi) is 20.0. The maximum absolute atomic E-state index is 14.3. The van der Waals surface area contributed by atoms with Gasteiger partial charge in [-0.15, -0.1) is 0 Å². The summed E-state index contributed by atoms with van der Waals surface area (Å²) in [6, 6.07) is -0.904. The number of likely N-dealkylation sites (N-methyl/N-ethyl adjacent to an activating group) is 2. The van der Waals surface area contributed by atoms with Crippen molar-refractivity contribution in [2.75, 3.05) is 47.9 Å². The molecule has 0 radical (unpaired) electrons. The van der Waals surface area contributed by atoms with Crippen molar-refractivity contribution in [3.8, 4) is 0 Å². The van der Waals surface area contributed by atoms with E-state index in [2.05, 4.69) is 10.4 Å². The Balaban J connectivity index is 1.73. The van der Waals surface area contributed by atoms with Gasteiger partial charge in [0.15, 0.2) is 22.4 Å². The molecular weight excluding hydrogens is 1000 g/mol. The van der Waals surface area contributed by atoms with Crippen molar-refractivity contribution in [1.82, 2.24) is 24.9 Å². The average Bonchev–Trinajstić information content (AvgIpc) is 3.64. The molecule has 388 valence electrons. The van der Waals surface area contributed by atoms with Gasteiger partial charge in [-0.05, 0) is 117 Å². The first-order valence-electron chi connectivity index (χ1n) is 23.1. The lowest BCUT2D eigenvalue weighted by atomic mass is 9.77. The summed E-state index contributed by atoms with van der Waals surface area (Å²) in [7, 11) is 8.33. The molecule has 0 aromatic carbocycles. The number of aromatic nitrogens is 2. The molecule has 0 saturated carbocycles. The summed E-state index contributed by atoms with van der Waals surface area (Å²) in [5.74, 6) is -3.90. The smallest absolute Gasteiger partial charge is 0.435 e. The third kappa shape index (κ3) is 14.0.